The second-order valence-corrected chi connectivity index (χ2v) is 8.39. The first-order valence-corrected chi connectivity index (χ1v) is 8.47. The lowest BCUT2D eigenvalue weighted by Crippen LogP contribution is -2.41. The topological polar surface area (TPSA) is 63.4 Å². The summed E-state index contributed by atoms with van der Waals surface area (Å²) in [7, 11) is -1.66. The van der Waals surface area contributed by atoms with Crippen molar-refractivity contribution in [3.05, 3.63) is 17.0 Å². The van der Waals surface area contributed by atoms with Crippen LogP contribution in [0, 0.1) is 12.8 Å². The molecule has 0 aromatic carbocycles. The van der Waals surface area contributed by atoms with Gasteiger partial charge in [-0.2, -0.15) is 4.31 Å². The summed E-state index contributed by atoms with van der Waals surface area (Å²) in [6.45, 7) is 2.48. The van der Waals surface area contributed by atoms with Crippen LogP contribution < -0.4 is 5.73 Å². The predicted octanol–water partition coefficient (Wildman–Crippen LogP) is 1.80. The van der Waals surface area contributed by atoms with Crippen molar-refractivity contribution in [1.29, 1.82) is 0 Å². The molecule has 1 heterocycles. The van der Waals surface area contributed by atoms with Gasteiger partial charge in [0.2, 0.25) is 0 Å². The van der Waals surface area contributed by atoms with Gasteiger partial charge in [0.1, 0.15) is 4.21 Å². The van der Waals surface area contributed by atoms with Crippen molar-refractivity contribution >= 4 is 21.4 Å². The molecule has 0 bridgehead atoms. The fourth-order valence-electron chi connectivity index (χ4n) is 2.64. The van der Waals surface area contributed by atoms with Crippen LogP contribution in [-0.2, 0) is 10.0 Å². The summed E-state index contributed by atoms with van der Waals surface area (Å²) in [4.78, 5) is 1.02. The summed E-state index contributed by atoms with van der Waals surface area (Å²) in [5.74, 6) is 0.297. The number of nitrogens with two attached hydrogens (primary N) is 1. The Morgan fingerprint density at radius 3 is 2.72 bits per heavy atom. The lowest BCUT2D eigenvalue weighted by molar-refractivity contribution is 0.305. The predicted molar refractivity (Wildman–Crippen MR) is 74.2 cm³/mol. The molecule has 1 saturated carbocycles. The SMILES string of the molecule is Cc1ccc(S(=O)(=O)N(C)C2CCCC2CN)s1. The Balaban J connectivity index is 2.25. The zero-order valence-corrected chi connectivity index (χ0v) is 12.4. The number of aryl methyl sites for hydroxylation is 1. The molecule has 18 heavy (non-hydrogen) atoms. The van der Waals surface area contributed by atoms with E-state index in [0.717, 1.165) is 24.1 Å². The molecule has 2 unspecified atom stereocenters. The minimum absolute atomic E-state index is 0.0578. The molecule has 0 spiro atoms. The van der Waals surface area contributed by atoms with Gasteiger partial charge < -0.3 is 5.73 Å². The molecule has 1 aromatic rings. The molecule has 1 aliphatic rings. The van der Waals surface area contributed by atoms with Crippen LogP contribution in [0.5, 0.6) is 0 Å². The molecule has 1 aliphatic carbocycles. The highest BCUT2D eigenvalue weighted by atomic mass is 32.2. The molecular formula is C12H20N2O2S2. The maximum absolute atomic E-state index is 12.5. The summed E-state index contributed by atoms with van der Waals surface area (Å²) in [5, 5.41) is 0. The number of thiophene rings is 1. The summed E-state index contributed by atoms with van der Waals surface area (Å²) >= 11 is 1.33. The minimum Gasteiger partial charge on any atom is -0.330 e. The Labute approximate surface area is 113 Å². The Kier molecular flexibility index (Phi) is 4.11. The zero-order chi connectivity index (χ0) is 13.3. The quantitative estimate of drug-likeness (QED) is 0.919. The molecular weight excluding hydrogens is 268 g/mol. The molecule has 1 fully saturated rings. The fraction of sp³-hybridized carbons (Fsp3) is 0.667. The Morgan fingerprint density at radius 1 is 1.44 bits per heavy atom. The largest absolute Gasteiger partial charge is 0.330 e. The summed E-state index contributed by atoms with van der Waals surface area (Å²) in [6.07, 6.45) is 3.02. The molecule has 6 heteroatoms. The molecule has 1 aromatic heterocycles. The van der Waals surface area contributed by atoms with Crippen LogP contribution in [0.15, 0.2) is 16.3 Å². The van der Waals surface area contributed by atoms with Crippen LogP contribution in [0.2, 0.25) is 0 Å². The second kappa shape index (κ2) is 5.28. The first-order valence-electron chi connectivity index (χ1n) is 6.21. The highest BCUT2D eigenvalue weighted by Gasteiger charge is 2.36. The fourth-order valence-corrected chi connectivity index (χ4v) is 5.56. The molecule has 0 radical (unpaired) electrons. The van der Waals surface area contributed by atoms with E-state index < -0.39 is 10.0 Å². The van der Waals surface area contributed by atoms with E-state index in [-0.39, 0.29) is 6.04 Å². The lowest BCUT2D eigenvalue weighted by Gasteiger charge is -2.27. The lowest BCUT2D eigenvalue weighted by atomic mass is 10.0. The van der Waals surface area contributed by atoms with Crippen molar-refractivity contribution < 1.29 is 8.42 Å². The maximum Gasteiger partial charge on any atom is 0.252 e. The monoisotopic (exact) mass is 288 g/mol. The van der Waals surface area contributed by atoms with Gasteiger partial charge in [0, 0.05) is 18.0 Å². The van der Waals surface area contributed by atoms with E-state index in [1.807, 2.05) is 13.0 Å². The van der Waals surface area contributed by atoms with Crippen LogP contribution in [0.4, 0.5) is 0 Å². The third-order valence-electron chi connectivity index (χ3n) is 3.74. The van der Waals surface area contributed by atoms with Gasteiger partial charge in [0.05, 0.1) is 0 Å². The molecule has 0 aliphatic heterocycles. The first kappa shape index (κ1) is 14.0. The maximum atomic E-state index is 12.5. The van der Waals surface area contributed by atoms with Crippen molar-refractivity contribution in [3.8, 4) is 0 Å². The highest BCUT2D eigenvalue weighted by molar-refractivity contribution is 7.91. The van der Waals surface area contributed by atoms with Crippen LogP contribution >= 0.6 is 11.3 Å². The highest BCUT2D eigenvalue weighted by Crippen LogP contribution is 2.33. The van der Waals surface area contributed by atoms with Crippen molar-refractivity contribution in [2.24, 2.45) is 11.7 Å². The second-order valence-electron chi connectivity index (χ2n) is 4.88. The third-order valence-corrected chi connectivity index (χ3v) is 7.09. The molecule has 2 atom stereocenters. The smallest absolute Gasteiger partial charge is 0.252 e. The van der Waals surface area contributed by atoms with E-state index >= 15 is 0 Å². The molecule has 2 rings (SSSR count). The third kappa shape index (κ3) is 2.47. The molecule has 0 amide bonds. The number of hydrogen-bond acceptors (Lipinski definition) is 4. The Bertz CT molecular complexity index is 510. The molecule has 0 saturated heterocycles. The summed E-state index contributed by atoms with van der Waals surface area (Å²) < 4.78 is 26.9. The normalized spacial score (nSPS) is 24.9. The summed E-state index contributed by atoms with van der Waals surface area (Å²) in [5.41, 5.74) is 5.73. The van der Waals surface area contributed by atoms with E-state index in [0.29, 0.717) is 16.7 Å². The number of nitrogens with zero attached hydrogens (tertiary/aromatic N) is 1. The molecule has 4 nitrogen and oxygen atoms in total. The van der Waals surface area contributed by atoms with Crippen LogP contribution in [-0.4, -0.2) is 32.4 Å². The Morgan fingerprint density at radius 2 is 2.17 bits per heavy atom. The van der Waals surface area contributed by atoms with Crippen molar-refractivity contribution in [2.45, 2.75) is 36.4 Å². The van der Waals surface area contributed by atoms with Gasteiger partial charge in [0.15, 0.2) is 0 Å². The number of hydrogen-bond donors (Lipinski definition) is 1. The van der Waals surface area contributed by atoms with Crippen molar-refractivity contribution in [1.82, 2.24) is 4.31 Å². The number of sulfonamides is 1. The first-order chi connectivity index (χ1) is 8.46. The van der Waals surface area contributed by atoms with Crippen LogP contribution in [0.3, 0.4) is 0 Å². The van der Waals surface area contributed by atoms with E-state index in [9.17, 15) is 8.42 Å². The van der Waals surface area contributed by atoms with E-state index in [1.54, 1.807) is 13.1 Å². The van der Waals surface area contributed by atoms with Gasteiger partial charge in [-0.25, -0.2) is 8.42 Å². The Hall–Kier alpha value is -0.430. The average Bonchev–Trinajstić information content (AvgIpc) is 2.95. The average molecular weight is 288 g/mol. The van der Waals surface area contributed by atoms with Gasteiger partial charge >= 0.3 is 0 Å². The number of rotatable bonds is 4. The van der Waals surface area contributed by atoms with Gasteiger partial charge in [-0.3, -0.25) is 0 Å². The van der Waals surface area contributed by atoms with E-state index in [4.69, 9.17) is 5.73 Å². The summed E-state index contributed by atoms with van der Waals surface area (Å²) in [6, 6.07) is 3.60. The van der Waals surface area contributed by atoms with E-state index in [2.05, 4.69) is 0 Å². The zero-order valence-electron chi connectivity index (χ0n) is 10.8. The minimum atomic E-state index is -3.35. The van der Waals surface area contributed by atoms with Crippen LogP contribution in [0.25, 0.3) is 0 Å². The van der Waals surface area contributed by atoms with Crippen LogP contribution in [0.1, 0.15) is 24.1 Å². The van der Waals surface area contributed by atoms with Crippen molar-refractivity contribution in [2.75, 3.05) is 13.6 Å². The molecule has 102 valence electrons. The van der Waals surface area contributed by atoms with E-state index in [1.165, 1.54) is 15.6 Å². The van der Waals surface area contributed by atoms with Crippen molar-refractivity contribution in [3.63, 3.8) is 0 Å². The molecule has 2 N–H and O–H groups in total. The standard InChI is InChI=1S/C12H20N2O2S2/c1-9-6-7-12(17-9)18(15,16)14(2)11-5-3-4-10(11)8-13/h6-7,10-11H,3-5,8,13H2,1-2H3. The van der Waals surface area contributed by atoms with Gasteiger partial charge in [-0.15, -0.1) is 11.3 Å². The van der Waals surface area contributed by atoms with Gasteiger partial charge in [-0.05, 0) is 44.4 Å². The van der Waals surface area contributed by atoms with Gasteiger partial charge in [0.25, 0.3) is 10.0 Å². The van der Waals surface area contributed by atoms with Gasteiger partial charge in [-0.1, -0.05) is 6.42 Å².